The molecule has 0 fully saturated rings. The molecule has 0 spiro atoms. The van der Waals surface area contributed by atoms with Gasteiger partial charge < -0.3 is 4.74 Å². The van der Waals surface area contributed by atoms with E-state index >= 15 is 0 Å². The summed E-state index contributed by atoms with van der Waals surface area (Å²) >= 11 is 0. The number of carbonyl (C=O) groups is 1. The van der Waals surface area contributed by atoms with Crippen LogP contribution in [0.4, 0.5) is 0 Å². The summed E-state index contributed by atoms with van der Waals surface area (Å²) in [6, 6.07) is 0. The molecule has 0 N–H and O–H groups in total. The molecule has 0 saturated heterocycles. The molecule has 1 unspecified atom stereocenters. The van der Waals surface area contributed by atoms with Crippen LogP contribution in [0.1, 0.15) is 80.1 Å². The Bertz CT molecular complexity index is 360. The lowest BCUT2D eigenvalue weighted by molar-refractivity contribution is -0.142. The summed E-state index contributed by atoms with van der Waals surface area (Å²) in [5.41, 5.74) is 4.64. The molecule has 21 heavy (non-hydrogen) atoms. The molecule has 0 aromatic heterocycles. The minimum Gasteiger partial charge on any atom is -0.466 e. The van der Waals surface area contributed by atoms with Crippen LogP contribution in [0.15, 0.2) is 17.4 Å². The van der Waals surface area contributed by atoms with Gasteiger partial charge in [0.2, 0.25) is 0 Å². The molecule has 2 heteroatoms. The number of rotatable bonds is 10. The lowest BCUT2D eigenvalue weighted by Gasteiger charge is -2.23. The molecular weight excluding hydrogens is 260 g/mol. The van der Waals surface area contributed by atoms with Crippen molar-refractivity contribution in [3.05, 3.63) is 17.4 Å². The third-order valence-electron chi connectivity index (χ3n) is 4.09. The Morgan fingerprint density at radius 2 is 2.00 bits per heavy atom. The van der Waals surface area contributed by atoms with Crippen LogP contribution in [0.2, 0.25) is 0 Å². The topological polar surface area (TPSA) is 26.3 Å². The van der Waals surface area contributed by atoms with Gasteiger partial charge in [-0.2, -0.15) is 0 Å². The van der Waals surface area contributed by atoms with Gasteiger partial charge in [-0.15, -0.1) is 5.73 Å². The molecule has 0 aromatic carbocycles. The van der Waals surface area contributed by atoms with Crippen LogP contribution >= 0.6 is 0 Å². The molecule has 0 aliphatic heterocycles. The highest BCUT2D eigenvalue weighted by Gasteiger charge is 2.14. The van der Waals surface area contributed by atoms with E-state index in [9.17, 15) is 4.79 Å². The molecular formula is C19H34O2. The van der Waals surface area contributed by atoms with E-state index in [0.717, 1.165) is 12.0 Å². The zero-order chi connectivity index (χ0) is 16.3. The van der Waals surface area contributed by atoms with Crippen molar-refractivity contribution in [3.63, 3.8) is 0 Å². The Morgan fingerprint density at radius 1 is 1.33 bits per heavy atom. The zero-order valence-electron chi connectivity index (χ0n) is 14.9. The second-order valence-electron chi connectivity index (χ2n) is 6.86. The van der Waals surface area contributed by atoms with Gasteiger partial charge in [0.05, 0.1) is 13.0 Å². The summed E-state index contributed by atoms with van der Waals surface area (Å²) < 4.78 is 4.92. The van der Waals surface area contributed by atoms with Crippen molar-refractivity contribution in [1.29, 1.82) is 0 Å². The highest BCUT2D eigenvalue weighted by molar-refractivity contribution is 5.72. The van der Waals surface area contributed by atoms with Crippen molar-refractivity contribution in [2.75, 3.05) is 6.61 Å². The van der Waals surface area contributed by atoms with Gasteiger partial charge in [0.1, 0.15) is 0 Å². The molecule has 1 atom stereocenters. The molecule has 2 nitrogen and oxygen atoms in total. The molecule has 0 bridgehead atoms. The fourth-order valence-electron chi connectivity index (χ4n) is 2.14. The number of ether oxygens (including phenoxy) is 1. The summed E-state index contributed by atoms with van der Waals surface area (Å²) in [7, 11) is 0. The van der Waals surface area contributed by atoms with Crippen LogP contribution in [0.5, 0.6) is 0 Å². The molecule has 0 saturated carbocycles. The van der Waals surface area contributed by atoms with Gasteiger partial charge in [-0.25, -0.2) is 0 Å². The number of esters is 1. The minimum absolute atomic E-state index is 0.161. The molecule has 0 aliphatic rings. The van der Waals surface area contributed by atoms with E-state index in [1.165, 1.54) is 25.7 Å². The molecule has 122 valence electrons. The first-order valence-electron chi connectivity index (χ1n) is 8.37. The molecule has 0 aromatic rings. The van der Waals surface area contributed by atoms with Gasteiger partial charge >= 0.3 is 5.97 Å². The number of carbonyl (C=O) groups excluding carboxylic acids is 1. The maximum Gasteiger partial charge on any atom is 0.310 e. The summed E-state index contributed by atoms with van der Waals surface area (Å²) in [5.74, 6) is 0.520. The van der Waals surface area contributed by atoms with Crippen LogP contribution in [0.3, 0.4) is 0 Å². The van der Waals surface area contributed by atoms with Crippen molar-refractivity contribution in [1.82, 2.24) is 0 Å². The van der Waals surface area contributed by atoms with Gasteiger partial charge in [-0.3, -0.25) is 4.79 Å². The Morgan fingerprint density at radius 3 is 2.57 bits per heavy atom. The Labute approximate surface area is 131 Å². The zero-order valence-corrected chi connectivity index (χ0v) is 14.9. The highest BCUT2D eigenvalue weighted by Crippen LogP contribution is 2.28. The molecule has 0 amide bonds. The lowest BCUT2D eigenvalue weighted by Crippen LogP contribution is -2.09. The van der Waals surface area contributed by atoms with E-state index in [0.29, 0.717) is 24.4 Å². The smallest absolute Gasteiger partial charge is 0.310 e. The average Bonchev–Trinajstić information content (AvgIpc) is 2.38. The maximum atomic E-state index is 11.3. The van der Waals surface area contributed by atoms with Gasteiger partial charge in [-0.05, 0) is 49.7 Å². The molecule has 0 radical (unpaired) electrons. The number of hydrogen-bond acceptors (Lipinski definition) is 2. The van der Waals surface area contributed by atoms with Crippen LogP contribution in [-0.2, 0) is 9.53 Å². The highest BCUT2D eigenvalue weighted by atomic mass is 16.5. The quantitative estimate of drug-likeness (QED) is 0.383. The van der Waals surface area contributed by atoms with E-state index < -0.39 is 0 Å². The van der Waals surface area contributed by atoms with E-state index in [4.69, 9.17) is 4.74 Å². The van der Waals surface area contributed by atoms with Gasteiger partial charge in [-0.1, -0.05) is 47.0 Å². The maximum absolute atomic E-state index is 11.3. The van der Waals surface area contributed by atoms with Crippen LogP contribution in [0.25, 0.3) is 0 Å². The van der Waals surface area contributed by atoms with Crippen LogP contribution in [0, 0.1) is 11.3 Å². The third-order valence-corrected chi connectivity index (χ3v) is 4.09. The largest absolute Gasteiger partial charge is 0.466 e. The van der Waals surface area contributed by atoms with Crippen LogP contribution < -0.4 is 0 Å². The molecule has 0 aliphatic carbocycles. The fourth-order valence-corrected chi connectivity index (χ4v) is 2.14. The van der Waals surface area contributed by atoms with E-state index in [1.54, 1.807) is 0 Å². The summed E-state index contributed by atoms with van der Waals surface area (Å²) in [4.78, 5) is 11.3. The molecule has 0 rings (SSSR count). The molecule has 0 heterocycles. The normalized spacial score (nSPS) is 12.5. The predicted octanol–water partition coefficient (Wildman–Crippen LogP) is 5.67. The van der Waals surface area contributed by atoms with Gasteiger partial charge in [0.15, 0.2) is 0 Å². The van der Waals surface area contributed by atoms with Crippen molar-refractivity contribution >= 4 is 5.97 Å². The Hall–Kier alpha value is -1.01. The first-order valence-corrected chi connectivity index (χ1v) is 8.37. The van der Waals surface area contributed by atoms with E-state index in [1.807, 2.05) is 13.8 Å². The standard InChI is InChI=1S/C19H34O2/c1-7-19(5,6)14-10-13-16(3)11-9-12-17(4)15-18(20)21-8-2/h9,16H,7-8,10-11,13-15H2,1-6H3. The first kappa shape index (κ1) is 20.0. The monoisotopic (exact) mass is 294 g/mol. The van der Waals surface area contributed by atoms with Crippen molar-refractivity contribution < 1.29 is 9.53 Å². The average molecular weight is 294 g/mol. The fraction of sp³-hybridized carbons (Fsp3) is 0.789. The van der Waals surface area contributed by atoms with Crippen molar-refractivity contribution in [2.24, 2.45) is 11.3 Å². The summed E-state index contributed by atoms with van der Waals surface area (Å²) in [5, 5.41) is 0. The SMILES string of the molecule is CCOC(=O)CC(C)=C=CCC(C)CCCC(C)(C)CC. The van der Waals surface area contributed by atoms with Gasteiger partial charge in [0.25, 0.3) is 0 Å². The van der Waals surface area contributed by atoms with Crippen LogP contribution in [-0.4, -0.2) is 12.6 Å². The Balaban J connectivity index is 4.03. The predicted molar refractivity (Wildman–Crippen MR) is 90.2 cm³/mol. The lowest BCUT2D eigenvalue weighted by atomic mass is 9.83. The second kappa shape index (κ2) is 10.7. The van der Waals surface area contributed by atoms with Gasteiger partial charge in [0, 0.05) is 0 Å². The van der Waals surface area contributed by atoms with Crippen molar-refractivity contribution in [3.8, 4) is 0 Å². The first-order chi connectivity index (χ1) is 9.80. The number of hydrogen-bond donors (Lipinski definition) is 0. The van der Waals surface area contributed by atoms with E-state index in [-0.39, 0.29) is 5.97 Å². The Kier molecular flexibility index (Phi) is 10.2. The second-order valence-corrected chi connectivity index (χ2v) is 6.86. The van der Waals surface area contributed by atoms with E-state index in [2.05, 4.69) is 39.5 Å². The minimum atomic E-state index is -0.161. The third kappa shape index (κ3) is 11.3. The van der Waals surface area contributed by atoms with Crippen molar-refractivity contribution in [2.45, 2.75) is 80.1 Å². The summed E-state index contributed by atoms with van der Waals surface area (Å²) in [6.45, 7) is 13.5. The summed E-state index contributed by atoms with van der Waals surface area (Å²) in [6.07, 6.45) is 8.56.